The van der Waals surface area contributed by atoms with Gasteiger partial charge in [0.25, 0.3) is 11.6 Å². The van der Waals surface area contributed by atoms with E-state index in [0.29, 0.717) is 16.3 Å². The Morgan fingerprint density at radius 1 is 1.09 bits per heavy atom. The van der Waals surface area contributed by atoms with Crippen molar-refractivity contribution in [1.29, 1.82) is 0 Å². The zero-order valence-electron chi connectivity index (χ0n) is 17.0. The van der Waals surface area contributed by atoms with Crippen molar-refractivity contribution < 1.29 is 18.5 Å². The molecule has 164 valence electrons. The van der Waals surface area contributed by atoms with Crippen molar-refractivity contribution >= 4 is 39.9 Å². The number of carbonyl (C=O) groups excluding carboxylic acids is 1. The van der Waals surface area contributed by atoms with E-state index in [9.17, 15) is 24.1 Å². The van der Waals surface area contributed by atoms with Gasteiger partial charge < -0.3 is 4.42 Å². The fraction of sp³-hybridized carbons (Fsp3) is 0.0833. The summed E-state index contributed by atoms with van der Waals surface area (Å²) in [5, 5.41) is 11.8. The number of aryl methyl sites for hydroxylation is 1. The molecule has 0 radical (unpaired) electrons. The molecule has 1 amide bonds. The minimum Gasteiger partial charge on any atom is -0.450 e. The van der Waals surface area contributed by atoms with Gasteiger partial charge in [0.05, 0.1) is 21.9 Å². The van der Waals surface area contributed by atoms with E-state index in [-0.39, 0.29) is 28.0 Å². The Kier molecular flexibility index (Phi) is 4.75. The molecule has 5 rings (SSSR count). The molecular formula is C24H14ClFN2O5. The third kappa shape index (κ3) is 3.27. The molecule has 1 aliphatic rings. The first-order chi connectivity index (χ1) is 15.8. The summed E-state index contributed by atoms with van der Waals surface area (Å²) in [4.78, 5) is 39.1. The number of nitrogens with zero attached hydrogens (tertiary/aromatic N) is 2. The summed E-state index contributed by atoms with van der Waals surface area (Å²) in [6.07, 6.45) is 0. The van der Waals surface area contributed by atoms with E-state index in [1.807, 2.05) is 0 Å². The van der Waals surface area contributed by atoms with Crippen LogP contribution in [-0.4, -0.2) is 10.8 Å². The van der Waals surface area contributed by atoms with Crippen molar-refractivity contribution in [1.82, 2.24) is 0 Å². The van der Waals surface area contributed by atoms with E-state index in [1.54, 1.807) is 31.2 Å². The van der Waals surface area contributed by atoms with E-state index in [1.165, 1.54) is 29.2 Å². The van der Waals surface area contributed by atoms with Gasteiger partial charge in [-0.3, -0.25) is 24.6 Å². The number of fused-ring (bicyclic) bond motifs is 2. The first-order valence-electron chi connectivity index (χ1n) is 9.86. The summed E-state index contributed by atoms with van der Waals surface area (Å²) in [5.74, 6) is -1.44. The molecule has 0 saturated carbocycles. The number of carbonyl (C=O) groups is 1. The Morgan fingerprint density at radius 2 is 1.88 bits per heavy atom. The molecule has 0 bridgehead atoms. The maximum Gasteiger partial charge on any atom is 0.295 e. The third-order valence-electron chi connectivity index (χ3n) is 5.66. The molecule has 3 aromatic carbocycles. The lowest BCUT2D eigenvalue weighted by atomic mass is 9.97. The maximum atomic E-state index is 13.9. The van der Waals surface area contributed by atoms with Crippen molar-refractivity contribution in [3.8, 4) is 0 Å². The molecule has 1 atom stereocenters. The number of anilines is 1. The average Bonchev–Trinajstić information content (AvgIpc) is 3.09. The van der Waals surface area contributed by atoms with Gasteiger partial charge in [0.2, 0.25) is 5.76 Å². The number of nitro groups is 1. The second-order valence-electron chi connectivity index (χ2n) is 7.68. The molecule has 1 unspecified atom stereocenters. The van der Waals surface area contributed by atoms with Crippen molar-refractivity contribution in [2.24, 2.45) is 0 Å². The normalized spacial score (nSPS) is 15.2. The molecule has 4 aromatic rings. The summed E-state index contributed by atoms with van der Waals surface area (Å²) in [5.41, 5.74) is 0.754. The number of amides is 1. The Balaban J connectivity index is 1.83. The summed E-state index contributed by atoms with van der Waals surface area (Å²) in [7, 11) is 0. The first-order valence-corrected chi connectivity index (χ1v) is 10.2. The highest BCUT2D eigenvalue weighted by molar-refractivity contribution is 6.31. The highest BCUT2D eigenvalue weighted by Gasteiger charge is 2.44. The SMILES string of the molecule is Cc1ccc(N2C(=O)c3oc4ccc(F)cc4c(=O)c3C2c2cccc([N+](=O)[O-])c2)cc1Cl. The van der Waals surface area contributed by atoms with E-state index >= 15 is 0 Å². The van der Waals surface area contributed by atoms with Crippen LogP contribution in [0.1, 0.15) is 33.3 Å². The molecule has 1 aromatic heterocycles. The number of halogens is 2. The van der Waals surface area contributed by atoms with Gasteiger partial charge in [-0.15, -0.1) is 0 Å². The van der Waals surface area contributed by atoms with E-state index in [4.69, 9.17) is 16.0 Å². The summed E-state index contributed by atoms with van der Waals surface area (Å²) >= 11 is 6.29. The topological polar surface area (TPSA) is 93.7 Å². The van der Waals surface area contributed by atoms with Crippen LogP contribution in [0.15, 0.2) is 69.9 Å². The lowest BCUT2D eigenvalue weighted by molar-refractivity contribution is -0.384. The minimum absolute atomic E-state index is 0.0182. The smallest absolute Gasteiger partial charge is 0.295 e. The minimum atomic E-state index is -1.03. The van der Waals surface area contributed by atoms with E-state index in [2.05, 4.69) is 0 Å². The van der Waals surface area contributed by atoms with Crippen LogP contribution in [0, 0.1) is 22.9 Å². The lowest BCUT2D eigenvalue weighted by Crippen LogP contribution is -2.29. The number of hydrogen-bond acceptors (Lipinski definition) is 5. The number of non-ortho nitro benzene ring substituents is 1. The third-order valence-corrected chi connectivity index (χ3v) is 6.07. The number of hydrogen-bond donors (Lipinski definition) is 0. The summed E-state index contributed by atoms with van der Waals surface area (Å²) in [6, 6.07) is 13.1. The molecule has 0 fully saturated rings. The number of benzene rings is 3. The quantitative estimate of drug-likeness (QED) is 0.292. The van der Waals surface area contributed by atoms with Crippen molar-refractivity contribution in [2.45, 2.75) is 13.0 Å². The monoisotopic (exact) mass is 464 g/mol. The second-order valence-corrected chi connectivity index (χ2v) is 8.08. The van der Waals surface area contributed by atoms with Crippen LogP contribution in [0.2, 0.25) is 5.02 Å². The van der Waals surface area contributed by atoms with Gasteiger partial charge in [-0.05, 0) is 48.4 Å². The predicted molar refractivity (Wildman–Crippen MR) is 120 cm³/mol. The molecular weight excluding hydrogens is 451 g/mol. The van der Waals surface area contributed by atoms with E-state index < -0.39 is 28.1 Å². The highest BCUT2D eigenvalue weighted by atomic mass is 35.5. The molecule has 0 saturated heterocycles. The van der Waals surface area contributed by atoms with Crippen molar-refractivity contribution in [3.63, 3.8) is 0 Å². The van der Waals surface area contributed by atoms with Gasteiger partial charge in [0.15, 0.2) is 5.43 Å². The maximum absolute atomic E-state index is 13.9. The van der Waals surface area contributed by atoms with Crippen LogP contribution in [-0.2, 0) is 0 Å². The Bertz CT molecular complexity index is 1550. The zero-order chi connectivity index (χ0) is 23.4. The fourth-order valence-electron chi connectivity index (χ4n) is 4.07. The van der Waals surface area contributed by atoms with Gasteiger partial charge in [-0.25, -0.2) is 4.39 Å². The van der Waals surface area contributed by atoms with Crippen LogP contribution in [0.25, 0.3) is 11.0 Å². The van der Waals surface area contributed by atoms with Crippen molar-refractivity contribution in [3.05, 3.63) is 114 Å². The van der Waals surface area contributed by atoms with E-state index in [0.717, 1.165) is 17.7 Å². The Morgan fingerprint density at radius 3 is 2.61 bits per heavy atom. The molecule has 33 heavy (non-hydrogen) atoms. The highest BCUT2D eigenvalue weighted by Crippen LogP contribution is 2.42. The second kappa shape index (κ2) is 7.53. The number of nitro benzene ring substituents is 1. The van der Waals surface area contributed by atoms with Crippen LogP contribution in [0.3, 0.4) is 0 Å². The Labute approximate surface area is 190 Å². The van der Waals surface area contributed by atoms with Gasteiger partial charge >= 0.3 is 0 Å². The fourth-order valence-corrected chi connectivity index (χ4v) is 4.24. The Hall–Kier alpha value is -4.04. The largest absolute Gasteiger partial charge is 0.450 e. The molecule has 0 spiro atoms. The van der Waals surface area contributed by atoms with Crippen LogP contribution >= 0.6 is 11.6 Å². The van der Waals surface area contributed by atoms with Crippen LogP contribution < -0.4 is 10.3 Å². The van der Waals surface area contributed by atoms with Crippen LogP contribution in [0.5, 0.6) is 0 Å². The van der Waals surface area contributed by atoms with Gasteiger partial charge in [0, 0.05) is 22.8 Å². The van der Waals surface area contributed by atoms with Gasteiger partial charge in [-0.2, -0.15) is 0 Å². The summed E-state index contributed by atoms with van der Waals surface area (Å²) in [6.45, 7) is 1.80. The first kappa shape index (κ1) is 20.8. The molecule has 7 nitrogen and oxygen atoms in total. The molecule has 0 aliphatic carbocycles. The van der Waals surface area contributed by atoms with Gasteiger partial charge in [0.1, 0.15) is 11.4 Å². The summed E-state index contributed by atoms with van der Waals surface area (Å²) < 4.78 is 19.6. The van der Waals surface area contributed by atoms with Gasteiger partial charge in [-0.1, -0.05) is 29.8 Å². The zero-order valence-corrected chi connectivity index (χ0v) is 17.8. The molecule has 0 N–H and O–H groups in total. The standard InChI is InChI=1S/C24H14ClFN2O5/c1-12-5-7-15(11-18(12)25)27-21(13-3-2-4-16(9-13)28(31)32)20-22(29)17-10-14(26)6-8-19(17)33-23(20)24(27)30/h2-11,21H,1H3. The van der Waals surface area contributed by atoms with Crippen LogP contribution in [0.4, 0.5) is 15.8 Å². The molecule has 9 heteroatoms. The van der Waals surface area contributed by atoms with Crippen molar-refractivity contribution in [2.75, 3.05) is 4.90 Å². The number of rotatable bonds is 3. The molecule has 2 heterocycles. The lowest BCUT2D eigenvalue weighted by Gasteiger charge is -2.25. The molecule has 1 aliphatic heterocycles. The average molecular weight is 465 g/mol. The predicted octanol–water partition coefficient (Wildman–Crippen LogP) is 5.55.